The molecule has 0 saturated carbocycles. The summed E-state index contributed by atoms with van der Waals surface area (Å²) in [6, 6.07) is 21.8. The Bertz CT molecular complexity index is 576. The van der Waals surface area contributed by atoms with Gasteiger partial charge in [0.15, 0.2) is 0 Å². The third-order valence-electron chi connectivity index (χ3n) is 3.44. The van der Waals surface area contributed by atoms with Crippen LogP contribution < -0.4 is 0 Å². The van der Waals surface area contributed by atoms with Crippen LogP contribution >= 0.6 is 0 Å². The molecule has 0 spiro atoms. The summed E-state index contributed by atoms with van der Waals surface area (Å²) in [4.78, 5) is 0. The molecule has 0 heterocycles. The molecule has 0 aliphatic carbocycles. The molecule has 0 fully saturated rings. The average molecular weight is 261 g/mol. The van der Waals surface area contributed by atoms with Crippen LogP contribution in [0, 0.1) is 6.07 Å². The van der Waals surface area contributed by atoms with Gasteiger partial charge in [-0.3, -0.25) is 0 Å². The highest BCUT2D eigenvalue weighted by molar-refractivity contribution is 5.54. The van der Waals surface area contributed by atoms with Crippen molar-refractivity contribution in [3.05, 3.63) is 89.5 Å². The van der Waals surface area contributed by atoms with E-state index in [0.717, 1.165) is 6.42 Å². The Balaban J connectivity index is 2.32. The second-order valence-electron chi connectivity index (χ2n) is 5.35. The van der Waals surface area contributed by atoms with Crippen molar-refractivity contribution < 1.29 is 0 Å². The first-order valence-corrected chi connectivity index (χ1v) is 7.00. The second-order valence-corrected chi connectivity index (χ2v) is 5.35. The average Bonchev–Trinajstić information content (AvgIpc) is 2.46. The minimum absolute atomic E-state index is 0.401. The van der Waals surface area contributed by atoms with Crippen LogP contribution in [0.15, 0.2) is 72.3 Å². The van der Waals surface area contributed by atoms with Crippen LogP contribution in [0.1, 0.15) is 37.3 Å². The van der Waals surface area contributed by atoms with Gasteiger partial charge < -0.3 is 0 Å². The van der Waals surface area contributed by atoms with E-state index < -0.39 is 0 Å². The predicted molar refractivity (Wildman–Crippen MR) is 87.5 cm³/mol. The van der Waals surface area contributed by atoms with Crippen molar-refractivity contribution in [2.45, 2.75) is 26.2 Å². The van der Waals surface area contributed by atoms with Gasteiger partial charge in [0.05, 0.1) is 0 Å². The molecule has 0 nitrogen and oxygen atoms in total. The van der Waals surface area contributed by atoms with E-state index in [1.807, 2.05) is 12.1 Å². The number of rotatable bonds is 5. The maximum atomic E-state index is 4.08. The zero-order valence-electron chi connectivity index (χ0n) is 12.3. The van der Waals surface area contributed by atoms with E-state index >= 15 is 0 Å². The summed E-state index contributed by atoms with van der Waals surface area (Å²) in [6.45, 7) is 8.38. The SMILES string of the molecule is C=C(C)CC(C(C)=Cc1cc[c]cc1)c1ccccc1. The van der Waals surface area contributed by atoms with Crippen LogP contribution in [0.5, 0.6) is 0 Å². The van der Waals surface area contributed by atoms with E-state index in [1.54, 1.807) is 0 Å². The Labute approximate surface area is 122 Å². The van der Waals surface area contributed by atoms with Gasteiger partial charge in [-0.15, -0.1) is 6.58 Å². The zero-order valence-corrected chi connectivity index (χ0v) is 12.3. The molecule has 0 saturated heterocycles. The van der Waals surface area contributed by atoms with Crippen LogP contribution in [-0.4, -0.2) is 0 Å². The van der Waals surface area contributed by atoms with Crippen molar-refractivity contribution in [3.63, 3.8) is 0 Å². The largest absolute Gasteiger partial charge is 0.100 e. The van der Waals surface area contributed by atoms with E-state index in [1.165, 1.54) is 22.3 Å². The Kier molecular flexibility index (Phi) is 4.95. The molecule has 0 aliphatic heterocycles. The number of benzene rings is 2. The van der Waals surface area contributed by atoms with Crippen LogP contribution in [-0.2, 0) is 0 Å². The molecule has 1 atom stereocenters. The van der Waals surface area contributed by atoms with E-state index in [2.05, 4.69) is 75.0 Å². The summed E-state index contributed by atoms with van der Waals surface area (Å²) in [5.41, 5.74) is 5.16. The fourth-order valence-electron chi connectivity index (χ4n) is 2.44. The van der Waals surface area contributed by atoms with Crippen molar-refractivity contribution in [3.8, 4) is 0 Å². The first-order valence-electron chi connectivity index (χ1n) is 7.00. The van der Waals surface area contributed by atoms with E-state index in [4.69, 9.17) is 0 Å². The topological polar surface area (TPSA) is 0 Å². The molecule has 0 bridgehead atoms. The fraction of sp³-hybridized carbons (Fsp3) is 0.200. The molecule has 0 aromatic heterocycles. The Morgan fingerprint density at radius 2 is 1.75 bits per heavy atom. The summed E-state index contributed by atoms with van der Waals surface area (Å²) in [5.74, 6) is 0.401. The van der Waals surface area contributed by atoms with Crippen molar-refractivity contribution in [2.24, 2.45) is 0 Å². The molecule has 20 heavy (non-hydrogen) atoms. The number of allylic oxidation sites excluding steroid dienone is 2. The standard InChI is InChI=1S/C20H21/c1-16(2)14-20(19-12-8-5-9-13-19)17(3)15-18-10-6-4-7-11-18/h5-13,15,20H,1,14H2,2-3H3. The first-order chi connectivity index (χ1) is 9.66. The molecule has 0 aliphatic rings. The number of hydrogen-bond acceptors (Lipinski definition) is 0. The number of hydrogen-bond donors (Lipinski definition) is 0. The van der Waals surface area contributed by atoms with E-state index in [0.29, 0.717) is 5.92 Å². The van der Waals surface area contributed by atoms with Crippen LogP contribution in [0.2, 0.25) is 0 Å². The molecule has 0 amide bonds. The summed E-state index contributed by atoms with van der Waals surface area (Å²) in [5, 5.41) is 0. The fourth-order valence-corrected chi connectivity index (χ4v) is 2.44. The molecule has 1 unspecified atom stereocenters. The van der Waals surface area contributed by atoms with Crippen molar-refractivity contribution in [2.75, 3.05) is 0 Å². The Morgan fingerprint density at radius 3 is 2.35 bits per heavy atom. The third kappa shape index (κ3) is 3.96. The molecule has 0 N–H and O–H groups in total. The predicted octanol–water partition coefficient (Wildman–Crippen LogP) is 5.64. The molecular formula is C20H21. The third-order valence-corrected chi connectivity index (χ3v) is 3.44. The Hall–Kier alpha value is -2.08. The lowest BCUT2D eigenvalue weighted by Gasteiger charge is -2.19. The summed E-state index contributed by atoms with van der Waals surface area (Å²) in [7, 11) is 0. The Morgan fingerprint density at radius 1 is 1.10 bits per heavy atom. The minimum atomic E-state index is 0.401. The van der Waals surface area contributed by atoms with E-state index in [-0.39, 0.29) is 0 Å². The van der Waals surface area contributed by atoms with Crippen LogP contribution in [0.25, 0.3) is 6.08 Å². The van der Waals surface area contributed by atoms with Crippen molar-refractivity contribution in [1.29, 1.82) is 0 Å². The van der Waals surface area contributed by atoms with Gasteiger partial charge in [0.25, 0.3) is 0 Å². The molecule has 1 radical (unpaired) electrons. The second kappa shape index (κ2) is 6.91. The van der Waals surface area contributed by atoms with Gasteiger partial charge in [-0.1, -0.05) is 71.8 Å². The monoisotopic (exact) mass is 261 g/mol. The van der Waals surface area contributed by atoms with Crippen molar-refractivity contribution >= 4 is 6.08 Å². The molecule has 2 rings (SSSR count). The maximum absolute atomic E-state index is 4.08. The molecule has 101 valence electrons. The van der Waals surface area contributed by atoms with Gasteiger partial charge in [-0.2, -0.15) is 0 Å². The van der Waals surface area contributed by atoms with Gasteiger partial charge >= 0.3 is 0 Å². The van der Waals surface area contributed by atoms with Gasteiger partial charge in [0, 0.05) is 5.92 Å². The highest BCUT2D eigenvalue weighted by Crippen LogP contribution is 2.31. The molecule has 2 aromatic rings. The lowest BCUT2D eigenvalue weighted by atomic mass is 9.86. The van der Waals surface area contributed by atoms with Gasteiger partial charge in [-0.05, 0) is 37.5 Å². The van der Waals surface area contributed by atoms with Gasteiger partial charge in [0.2, 0.25) is 0 Å². The van der Waals surface area contributed by atoms with Gasteiger partial charge in [0.1, 0.15) is 0 Å². The van der Waals surface area contributed by atoms with Gasteiger partial charge in [-0.25, -0.2) is 0 Å². The minimum Gasteiger partial charge on any atom is -0.100 e. The summed E-state index contributed by atoms with van der Waals surface area (Å²) < 4.78 is 0. The van der Waals surface area contributed by atoms with Crippen molar-refractivity contribution in [1.82, 2.24) is 0 Å². The molecule has 0 heteroatoms. The maximum Gasteiger partial charge on any atom is 0.00856 e. The molecular weight excluding hydrogens is 240 g/mol. The lowest BCUT2D eigenvalue weighted by molar-refractivity contribution is 0.784. The summed E-state index contributed by atoms with van der Waals surface area (Å²) in [6.07, 6.45) is 3.25. The highest BCUT2D eigenvalue weighted by Gasteiger charge is 2.13. The summed E-state index contributed by atoms with van der Waals surface area (Å²) >= 11 is 0. The zero-order chi connectivity index (χ0) is 14.4. The van der Waals surface area contributed by atoms with Crippen LogP contribution in [0.3, 0.4) is 0 Å². The van der Waals surface area contributed by atoms with Crippen LogP contribution in [0.4, 0.5) is 0 Å². The van der Waals surface area contributed by atoms with E-state index in [9.17, 15) is 0 Å². The first kappa shape index (κ1) is 14.3. The highest BCUT2D eigenvalue weighted by atomic mass is 14.2. The smallest absolute Gasteiger partial charge is 0.00856 e. The normalized spacial score (nSPS) is 13.0. The lowest BCUT2D eigenvalue weighted by Crippen LogP contribution is -2.01. The molecule has 2 aromatic carbocycles. The quantitative estimate of drug-likeness (QED) is 0.611.